The molecule has 0 saturated carbocycles. The number of benzene rings is 1. The molecule has 1 heterocycles. The fourth-order valence-corrected chi connectivity index (χ4v) is 1.59. The van der Waals surface area contributed by atoms with Crippen molar-refractivity contribution < 1.29 is 8.78 Å². The molecule has 0 bridgehead atoms. The van der Waals surface area contributed by atoms with E-state index >= 15 is 0 Å². The highest BCUT2D eigenvalue weighted by molar-refractivity contribution is 6.33. The van der Waals surface area contributed by atoms with E-state index < -0.39 is 11.6 Å². The van der Waals surface area contributed by atoms with Gasteiger partial charge in [0.1, 0.15) is 0 Å². The fourth-order valence-electron chi connectivity index (χ4n) is 1.35. The van der Waals surface area contributed by atoms with Crippen molar-refractivity contribution >= 4 is 17.3 Å². The average Bonchev–Trinajstić information content (AvgIpc) is 2.25. The van der Waals surface area contributed by atoms with Crippen LogP contribution in [0.1, 0.15) is 0 Å². The quantitative estimate of drug-likeness (QED) is 0.777. The zero-order valence-electron chi connectivity index (χ0n) is 8.05. The first-order valence-electron chi connectivity index (χ1n) is 4.45. The molecule has 0 spiro atoms. The predicted molar refractivity (Wildman–Crippen MR) is 59.0 cm³/mol. The standard InChI is InChI=1S/C11H7ClF2N2/c12-7-5-9(14)8(13)4-6(7)11-10(15)2-1-3-16-11/h1-5H,15H2. The van der Waals surface area contributed by atoms with Crippen molar-refractivity contribution in [2.75, 3.05) is 5.73 Å². The summed E-state index contributed by atoms with van der Waals surface area (Å²) in [5.41, 5.74) is 6.64. The molecule has 2 nitrogen and oxygen atoms in total. The summed E-state index contributed by atoms with van der Waals surface area (Å²) in [5, 5.41) is 0.0734. The number of anilines is 1. The van der Waals surface area contributed by atoms with E-state index in [1.165, 1.54) is 6.20 Å². The van der Waals surface area contributed by atoms with Crippen LogP contribution in [0.2, 0.25) is 5.02 Å². The summed E-state index contributed by atoms with van der Waals surface area (Å²) in [6, 6.07) is 5.14. The van der Waals surface area contributed by atoms with Gasteiger partial charge in [0.15, 0.2) is 11.6 Å². The van der Waals surface area contributed by atoms with Crippen LogP contribution in [-0.4, -0.2) is 4.98 Å². The molecule has 2 aromatic rings. The Labute approximate surface area is 95.7 Å². The molecular formula is C11H7ClF2N2. The van der Waals surface area contributed by atoms with Crippen LogP contribution in [0.3, 0.4) is 0 Å². The lowest BCUT2D eigenvalue weighted by Gasteiger charge is -2.06. The van der Waals surface area contributed by atoms with E-state index in [2.05, 4.69) is 4.98 Å². The van der Waals surface area contributed by atoms with Gasteiger partial charge >= 0.3 is 0 Å². The van der Waals surface area contributed by atoms with Crippen molar-refractivity contribution in [1.82, 2.24) is 4.98 Å². The second-order valence-corrected chi connectivity index (χ2v) is 3.59. The number of aromatic nitrogens is 1. The van der Waals surface area contributed by atoms with Crippen LogP contribution < -0.4 is 5.73 Å². The number of pyridine rings is 1. The summed E-state index contributed by atoms with van der Waals surface area (Å²) in [7, 11) is 0. The van der Waals surface area contributed by atoms with Gasteiger partial charge in [-0.2, -0.15) is 0 Å². The van der Waals surface area contributed by atoms with E-state index in [-0.39, 0.29) is 10.6 Å². The van der Waals surface area contributed by atoms with Crippen LogP contribution in [0.15, 0.2) is 30.5 Å². The van der Waals surface area contributed by atoms with Crippen molar-refractivity contribution in [3.05, 3.63) is 47.1 Å². The van der Waals surface area contributed by atoms with Gasteiger partial charge in [0.2, 0.25) is 0 Å². The maximum absolute atomic E-state index is 13.1. The van der Waals surface area contributed by atoms with E-state index in [9.17, 15) is 8.78 Å². The number of hydrogen-bond acceptors (Lipinski definition) is 2. The summed E-state index contributed by atoms with van der Waals surface area (Å²) in [4.78, 5) is 3.98. The third-order valence-electron chi connectivity index (χ3n) is 2.10. The van der Waals surface area contributed by atoms with E-state index in [1.807, 2.05) is 0 Å². The zero-order chi connectivity index (χ0) is 11.7. The summed E-state index contributed by atoms with van der Waals surface area (Å²) in [6.45, 7) is 0. The topological polar surface area (TPSA) is 38.9 Å². The van der Waals surface area contributed by atoms with E-state index in [1.54, 1.807) is 12.1 Å². The van der Waals surface area contributed by atoms with Crippen LogP contribution in [0.25, 0.3) is 11.3 Å². The molecule has 5 heteroatoms. The molecule has 0 atom stereocenters. The number of nitrogens with zero attached hydrogens (tertiary/aromatic N) is 1. The summed E-state index contributed by atoms with van der Waals surface area (Å²) < 4.78 is 25.9. The molecule has 2 N–H and O–H groups in total. The van der Waals surface area contributed by atoms with Crippen LogP contribution in [-0.2, 0) is 0 Å². The molecule has 1 aromatic heterocycles. The minimum Gasteiger partial charge on any atom is -0.397 e. The maximum Gasteiger partial charge on any atom is 0.160 e. The second kappa shape index (κ2) is 4.06. The minimum absolute atomic E-state index is 0.0734. The van der Waals surface area contributed by atoms with E-state index in [0.717, 1.165) is 12.1 Å². The highest BCUT2D eigenvalue weighted by Crippen LogP contribution is 2.31. The molecule has 82 valence electrons. The molecule has 0 saturated heterocycles. The first-order valence-corrected chi connectivity index (χ1v) is 4.83. The molecule has 0 unspecified atom stereocenters. The Morgan fingerprint density at radius 1 is 1.19 bits per heavy atom. The molecule has 2 rings (SSSR count). The van der Waals surface area contributed by atoms with Crippen molar-refractivity contribution in [2.45, 2.75) is 0 Å². The second-order valence-electron chi connectivity index (χ2n) is 3.19. The Bertz CT molecular complexity index is 544. The maximum atomic E-state index is 13.1. The third-order valence-corrected chi connectivity index (χ3v) is 2.42. The van der Waals surface area contributed by atoms with E-state index in [4.69, 9.17) is 17.3 Å². The third kappa shape index (κ3) is 1.84. The highest BCUT2D eigenvalue weighted by atomic mass is 35.5. The minimum atomic E-state index is -0.997. The van der Waals surface area contributed by atoms with Crippen molar-refractivity contribution in [1.29, 1.82) is 0 Å². The lowest BCUT2D eigenvalue weighted by molar-refractivity contribution is 0.509. The Kier molecular flexibility index (Phi) is 2.75. The van der Waals surface area contributed by atoms with Crippen LogP contribution in [0.4, 0.5) is 14.5 Å². The average molecular weight is 241 g/mol. The molecule has 0 radical (unpaired) electrons. The summed E-state index contributed by atoms with van der Waals surface area (Å²) >= 11 is 5.81. The van der Waals surface area contributed by atoms with Gasteiger partial charge in [-0.25, -0.2) is 8.78 Å². The molecular weight excluding hydrogens is 234 g/mol. The number of nitrogens with two attached hydrogens (primary N) is 1. The highest BCUT2D eigenvalue weighted by Gasteiger charge is 2.12. The van der Waals surface area contributed by atoms with Gasteiger partial charge in [-0.1, -0.05) is 11.6 Å². The molecule has 0 fully saturated rings. The van der Waals surface area contributed by atoms with Gasteiger partial charge in [0, 0.05) is 11.8 Å². The largest absolute Gasteiger partial charge is 0.397 e. The van der Waals surface area contributed by atoms with Gasteiger partial charge in [0.25, 0.3) is 0 Å². The Morgan fingerprint density at radius 2 is 1.88 bits per heavy atom. The number of rotatable bonds is 1. The summed E-state index contributed by atoms with van der Waals surface area (Å²) in [5.74, 6) is -1.98. The van der Waals surface area contributed by atoms with Crippen LogP contribution in [0.5, 0.6) is 0 Å². The SMILES string of the molecule is Nc1cccnc1-c1cc(F)c(F)cc1Cl. The monoisotopic (exact) mass is 240 g/mol. The van der Waals surface area contributed by atoms with Gasteiger partial charge in [-0.3, -0.25) is 4.98 Å². The van der Waals surface area contributed by atoms with Gasteiger partial charge in [-0.15, -0.1) is 0 Å². The van der Waals surface area contributed by atoms with Crippen LogP contribution >= 0.6 is 11.6 Å². The van der Waals surface area contributed by atoms with Crippen molar-refractivity contribution in [2.24, 2.45) is 0 Å². The Balaban J connectivity index is 2.65. The molecule has 0 aliphatic rings. The molecule has 0 aliphatic carbocycles. The molecule has 16 heavy (non-hydrogen) atoms. The normalized spacial score (nSPS) is 10.4. The fraction of sp³-hybridized carbons (Fsp3) is 0. The molecule has 0 aliphatic heterocycles. The van der Waals surface area contributed by atoms with E-state index in [0.29, 0.717) is 11.4 Å². The Hall–Kier alpha value is -1.68. The summed E-state index contributed by atoms with van der Waals surface area (Å²) in [6.07, 6.45) is 1.50. The van der Waals surface area contributed by atoms with Crippen LogP contribution in [0, 0.1) is 11.6 Å². The van der Waals surface area contributed by atoms with Gasteiger partial charge in [-0.05, 0) is 24.3 Å². The first kappa shape index (κ1) is 10.8. The zero-order valence-corrected chi connectivity index (χ0v) is 8.80. The van der Waals surface area contributed by atoms with Crippen molar-refractivity contribution in [3.63, 3.8) is 0 Å². The van der Waals surface area contributed by atoms with Gasteiger partial charge < -0.3 is 5.73 Å². The number of halogens is 3. The van der Waals surface area contributed by atoms with Crippen molar-refractivity contribution in [3.8, 4) is 11.3 Å². The molecule has 0 amide bonds. The smallest absolute Gasteiger partial charge is 0.160 e. The first-order chi connectivity index (χ1) is 7.59. The van der Waals surface area contributed by atoms with Gasteiger partial charge in [0.05, 0.1) is 16.4 Å². The number of hydrogen-bond donors (Lipinski definition) is 1. The number of nitrogen functional groups attached to an aromatic ring is 1. The lowest BCUT2D eigenvalue weighted by Crippen LogP contribution is -1.95. The Morgan fingerprint density at radius 3 is 2.56 bits per heavy atom. The lowest BCUT2D eigenvalue weighted by atomic mass is 10.1. The predicted octanol–water partition coefficient (Wildman–Crippen LogP) is 3.26. The molecule has 1 aromatic carbocycles.